The lowest BCUT2D eigenvalue weighted by molar-refractivity contribution is 0.202. The number of nitrogens with zero attached hydrogens (tertiary/aromatic N) is 4. The third-order valence-electron chi connectivity index (χ3n) is 3.48. The minimum Gasteiger partial charge on any atom is -0.394 e. The Morgan fingerprint density at radius 1 is 1.55 bits per heavy atom. The minimum atomic E-state index is -3.68. The molecule has 0 saturated carbocycles. The maximum absolute atomic E-state index is 12.4. The van der Waals surface area contributed by atoms with Crippen molar-refractivity contribution in [3.8, 4) is 0 Å². The van der Waals surface area contributed by atoms with E-state index in [-0.39, 0.29) is 18.5 Å². The van der Waals surface area contributed by atoms with Crippen LogP contribution in [-0.4, -0.2) is 77.0 Å². The second kappa shape index (κ2) is 7.02. The summed E-state index contributed by atoms with van der Waals surface area (Å²) >= 11 is 1.16. The Balaban J connectivity index is 2.12. The van der Waals surface area contributed by atoms with Crippen LogP contribution in [0.1, 0.15) is 19.8 Å². The van der Waals surface area contributed by atoms with Gasteiger partial charge in [0.05, 0.1) is 12.6 Å². The molecule has 9 nitrogen and oxygen atoms in total. The van der Waals surface area contributed by atoms with Gasteiger partial charge in [0.1, 0.15) is 5.88 Å². The lowest BCUT2D eigenvalue weighted by Crippen LogP contribution is -2.40. The zero-order valence-corrected chi connectivity index (χ0v) is 14.2. The number of unbranched alkanes of at least 4 members (excludes halogenated alkanes) is 1. The summed E-state index contributed by atoms with van der Waals surface area (Å²) in [5.74, 6) is 0.121. The maximum Gasteiger partial charge on any atom is 0.323 e. The van der Waals surface area contributed by atoms with Crippen molar-refractivity contribution < 1.29 is 18.3 Å². The highest BCUT2D eigenvalue weighted by Gasteiger charge is 2.39. The zero-order chi connectivity index (χ0) is 16.3. The average molecular weight is 351 g/mol. The Kier molecular flexibility index (Phi) is 5.53. The molecule has 1 saturated heterocycles. The van der Waals surface area contributed by atoms with E-state index in [9.17, 15) is 18.3 Å². The Labute approximate surface area is 134 Å². The van der Waals surface area contributed by atoms with Gasteiger partial charge >= 0.3 is 16.2 Å². The molecule has 0 aromatic rings. The van der Waals surface area contributed by atoms with Crippen LogP contribution in [-0.2, 0) is 10.2 Å². The molecule has 0 aromatic heterocycles. The van der Waals surface area contributed by atoms with Crippen molar-refractivity contribution in [2.24, 2.45) is 5.10 Å². The van der Waals surface area contributed by atoms with Crippen LogP contribution >= 0.6 is 11.8 Å². The highest BCUT2D eigenvalue weighted by molar-refractivity contribution is 8.14. The number of thioether (sulfide) groups is 1. The predicted octanol–water partition coefficient (Wildman–Crippen LogP) is -0.373. The molecule has 11 heteroatoms. The zero-order valence-electron chi connectivity index (χ0n) is 12.6. The number of urea groups is 1. The van der Waals surface area contributed by atoms with E-state index in [1.54, 1.807) is 0 Å². The standard InChI is InChI=1S/C11H21N5O4S2/c1-3-4-5-14(2)22(19,20)15-8-21-11(13-15)16-9(7-17)6-12-10(16)18/h9,17H,3-8H2,1-2H3,(H,12,18). The molecular weight excluding hydrogens is 330 g/mol. The summed E-state index contributed by atoms with van der Waals surface area (Å²) in [6.45, 7) is 2.53. The van der Waals surface area contributed by atoms with Gasteiger partial charge in [0.25, 0.3) is 0 Å². The molecule has 0 spiro atoms. The van der Waals surface area contributed by atoms with Crippen molar-refractivity contribution in [2.75, 3.05) is 32.6 Å². The topological polar surface area (TPSA) is 106 Å². The first-order valence-corrected chi connectivity index (χ1v) is 9.43. The molecule has 0 aromatic carbocycles. The van der Waals surface area contributed by atoms with Crippen LogP contribution in [0.3, 0.4) is 0 Å². The fourth-order valence-electron chi connectivity index (χ4n) is 2.10. The second-order valence-electron chi connectivity index (χ2n) is 5.05. The van der Waals surface area contributed by atoms with Crippen LogP contribution in [0.25, 0.3) is 0 Å². The second-order valence-corrected chi connectivity index (χ2v) is 7.91. The number of aliphatic hydroxyl groups excluding tert-OH is 1. The van der Waals surface area contributed by atoms with Crippen LogP contribution in [0.15, 0.2) is 5.10 Å². The van der Waals surface area contributed by atoms with Crippen LogP contribution in [0.4, 0.5) is 4.79 Å². The van der Waals surface area contributed by atoms with Gasteiger partial charge in [-0.1, -0.05) is 25.1 Å². The van der Waals surface area contributed by atoms with Gasteiger partial charge < -0.3 is 10.4 Å². The SMILES string of the molecule is CCCCN(C)S(=O)(=O)N1CSC(N2C(=O)NCC2CO)=N1. The van der Waals surface area contributed by atoms with Crippen LogP contribution < -0.4 is 5.32 Å². The highest BCUT2D eigenvalue weighted by atomic mass is 32.2. The summed E-state index contributed by atoms with van der Waals surface area (Å²) in [5.41, 5.74) is 0. The number of carbonyl (C=O) groups is 1. The fourth-order valence-corrected chi connectivity index (χ4v) is 4.51. The number of amides is 2. The minimum absolute atomic E-state index is 0.121. The van der Waals surface area contributed by atoms with Gasteiger partial charge in [-0.3, -0.25) is 4.90 Å². The van der Waals surface area contributed by atoms with E-state index in [0.717, 1.165) is 29.0 Å². The summed E-state index contributed by atoms with van der Waals surface area (Å²) in [6, 6.07) is -0.789. The molecular formula is C11H21N5O4S2. The first-order chi connectivity index (χ1) is 10.4. The molecule has 2 heterocycles. The van der Waals surface area contributed by atoms with E-state index in [0.29, 0.717) is 18.3 Å². The van der Waals surface area contributed by atoms with E-state index < -0.39 is 16.3 Å². The number of hydrogen-bond acceptors (Lipinski definition) is 6. The highest BCUT2D eigenvalue weighted by Crippen LogP contribution is 2.26. The molecule has 2 rings (SSSR count). The monoisotopic (exact) mass is 351 g/mol. The maximum atomic E-state index is 12.4. The molecule has 1 fully saturated rings. The number of rotatable bonds is 6. The molecule has 22 heavy (non-hydrogen) atoms. The quantitative estimate of drug-likeness (QED) is 0.679. The van der Waals surface area contributed by atoms with Crippen molar-refractivity contribution in [1.29, 1.82) is 0 Å². The van der Waals surface area contributed by atoms with Crippen LogP contribution in [0.2, 0.25) is 0 Å². The molecule has 2 N–H and O–H groups in total. The van der Waals surface area contributed by atoms with E-state index in [1.807, 2.05) is 6.92 Å². The van der Waals surface area contributed by atoms with Crippen molar-refractivity contribution in [3.63, 3.8) is 0 Å². The van der Waals surface area contributed by atoms with Crippen molar-refractivity contribution in [3.05, 3.63) is 0 Å². The lowest BCUT2D eigenvalue weighted by atomic mass is 10.3. The molecule has 2 aliphatic heterocycles. The smallest absolute Gasteiger partial charge is 0.323 e. The molecule has 2 aliphatic rings. The largest absolute Gasteiger partial charge is 0.394 e. The number of aliphatic hydroxyl groups is 1. The predicted molar refractivity (Wildman–Crippen MR) is 84.3 cm³/mol. The van der Waals surface area contributed by atoms with E-state index >= 15 is 0 Å². The summed E-state index contributed by atoms with van der Waals surface area (Å²) < 4.78 is 27.0. The molecule has 1 unspecified atom stereocenters. The van der Waals surface area contributed by atoms with E-state index in [4.69, 9.17) is 0 Å². The van der Waals surface area contributed by atoms with Gasteiger partial charge in [0, 0.05) is 20.1 Å². The normalized spacial score (nSPS) is 22.5. The number of hydrogen-bond donors (Lipinski definition) is 2. The fraction of sp³-hybridized carbons (Fsp3) is 0.818. The molecule has 0 aliphatic carbocycles. The Hall–Kier alpha value is -1.04. The van der Waals surface area contributed by atoms with E-state index in [1.165, 1.54) is 16.3 Å². The lowest BCUT2D eigenvalue weighted by Gasteiger charge is -2.22. The summed E-state index contributed by atoms with van der Waals surface area (Å²) in [7, 11) is -2.16. The van der Waals surface area contributed by atoms with Gasteiger partial charge in [-0.15, -0.1) is 5.10 Å². The average Bonchev–Trinajstić information content (AvgIpc) is 3.10. The summed E-state index contributed by atoms with van der Waals surface area (Å²) in [5, 5.41) is 16.2. The summed E-state index contributed by atoms with van der Waals surface area (Å²) in [6.07, 6.45) is 1.67. The molecule has 0 radical (unpaired) electrons. The third-order valence-corrected chi connectivity index (χ3v) is 6.26. The Morgan fingerprint density at radius 2 is 2.27 bits per heavy atom. The van der Waals surface area contributed by atoms with Gasteiger partial charge in [0.15, 0.2) is 5.17 Å². The van der Waals surface area contributed by atoms with Crippen LogP contribution in [0, 0.1) is 0 Å². The van der Waals surface area contributed by atoms with Crippen molar-refractivity contribution in [1.82, 2.24) is 18.9 Å². The Morgan fingerprint density at radius 3 is 2.91 bits per heavy atom. The van der Waals surface area contributed by atoms with Gasteiger partial charge in [-0.2, -0.15) is 17.1 Å². The molecule has 0 bridgehead atoms. The van der Waals surface area contributed by atoms with Crippen molar-refractivity contribution in [2.45, 2.75) is 25.8 Å². The molecule has 1 atom stereocenters. The number of nitrogens with one attached hydrogen (secondary N) is 1. The Bertz CT molecular complexity index is 553. The van der Waals surface area contributed by atoms with Gasteiger partial charge in [-0.25, -0.2) is 4.79 Å². The van der Waals surface area contributed by atoms with Crippen LogP contribution in [0.5, 0.6) is 0 Å². The van der Waals surface area contributed by atoms with Gasteiger partial charge in [-0.05, 0) is 6.42 Å². The first kappa shape index (κ1) is 17.3. The molecule has 126 valence electrons. The van der Waals surface area contributed by atoms with Gasteiger partial charge in [0.2, 0.25) is 0 Å². The number of hydrazone groups is 1. The first-order valence-electron chi connectivity index (χ1n) is 7.05. The number of carbonyl (C=O) groups excluding carboxylic acids is 1. The molecule has 2 amide bonds. The van der Waals surface area contributed by atoms with E-state index in [2.05, 4.69) is 10.4 Å². The van der Waals surface area contributed by atoms with Crippen molar-refractivity contribution >= 4 is 33.2 Å². The third kappa shape index (κ3) is 3.31. The number of amidine groups is 1. The summed E-state index contributed by atoms with van der Waals surface area (Å²) in [4.78, 5) is 13.1.